The number of hydrogen-bond donors (Lipinski definition) is 1. The Balaban J connectivity index is 0.00000119. The summed E-state index contributed by atoms with van der Waals surface area (Å²) in [4.78, 5) is 18.6. The number of benzene rings is 1. The van der Waals surface area contributed by atoms with E-state index in [1.54, 1.807) is 4.90 Å². The van der Waals surface area contributed by atoms with Gasteiger partial charge in [0.15, 0.2) is 5.75 Å². The quantitative estimate of drug-likeness (QED) is 0.675. The molecule has 3 aliphatic rings. The fourth-order valence-electron chi connectivity index (χ4n) is 3.98. The number of ether oxygens (including phenoxy) is 2. The normalized spacial score (nSPS) is 17.6. The van der Waals surface area contributed by atoms with Crippen molar-refractivity contribution in [2.24, 2.45) is 0 Å². The van der Waals surface area contributed by atoms with Crippen molar-refractivity contribution >= 4 is 15.9 Å². The lowest BCUT2D eigenvalue weighted by Gasteiger charge is -2.23. The van der Waals surface area contributed by atoms with Crippen LogP contribution in [0.4, 0.5) is 0 Å². The summed E-state index contributed by atoms with van der Waals surface area (Å²) in [6.45, 7) is 2.31. The molecule has 0 unspecified atom stereocenters. The van der Waals surface area contributed by atoms with Crippen LogP contribution >= 0.6 is 0 Å². The van der Waals surface area contributed by atoms with Crippen molar-refractivity contribution in [2.45, 2.75) is 11.3 Å². The van der Waals surface area contributed by atoms with Gasteiger partial charge in [0.25, 0.3) is 5.88 Å². The van der Waals surface area contributed by atoms with E-state index in [4.69, 9.17) is 14.6 Å². The van der Waals surface area contributed by atoms with E-state index in [1.807, 2.05) is 30.3 Å². The summed E-state index contributed by atoms with van der Waals surface area (Å²) in [5, 5.41) is 7.00. The van der Waals surface area contributed by atoms with Gasteiger partial charge in [0.2, 0.25) is 15.9 Å². The molecule has 0 saturated heterocycles. The molecule has 0 spiro atoms. The molecular weight excluding hydrogens is 434 g/mol. The van der Waals surface area contributed by atoms with Crippen molar-refractivity contribution in [1.82, 2.24) is 14.2 Å². The molecule has 9 nitrogen and oxygen atoms in total. The number of aromatic nitrogens is 1. The molecule has 0 radical (unpaired) electrons. The van der Waals surface area contributed by atoms with Gasteiger partial charge in [-0.1, -0.05) is 30.3 Å². The Morgan fingerprint density at radius 2 is 1.69 bits per heavy atom. The molecule has 0 aliphatic carbocycles. The monoisotopic (exact) mass is 459 g/mol. The third-order valence-corrected chi connectivity index (χ3v) is 7.32. The maximum Gasteiger partial charge on any atom is 0.257 e. The molecule has 0 bridgehead atoms. The number of hydrogen-bond acceptors (Lipinski definition) is 7. The molecule has 0 saturated carbocycles. The van der Waals surface area contributed by atoms with Crippen LogP contribution in [0.3, 0.4) is 0 Å². The number of pyridine rings is 1. The number of sulfonamides is 1. The second-order valence-electron chi connectivity index (χ2n) is 7.56. The summed E-state index contributed by atoms with van der Waals surface area (Å²) in [5.74, 6) is 0.718. The predicted octanol–water partition coefficient (Wildman–Crippen LogP) is 0.847. The van der Waals surface area contributed by atoms with E-state index < -0.39 is 10.0 Å². The molecule has 10 heteroatoms. The average molecular weight is 460 g/mol. The van der Waals surface area contributed by atoms with Crippen LogP contribution < -0.4 is 9.47 Å². The van der Waals surface area contributed by atoms with Gasteiger partial charge in [-0.15, -0.1) is 0 Å². The fourth-order valence-corrected chi connectivity index (χ4v) is 5.37. The Kier molecular flexibility index (Phi) is 6.45. The highest BCUT2D eigenvalue weighted by Gasteiger charge is 2.38. The van der Waals surface area contributed by atoms with Crippen molar-refractivity contribution in [3.8, 4) is 11.6 Å². The number of carbonyl (C=O) groups is 1. The molecule has 0 fully saturated rings. The van der Waals surface area contributed by atoms with Crippen LogP contribution in [0.2, 0.25) is 0 Å². The van der Waals surface area contributed by atoms with E-state index in [0.717, 1.165) is 23.8 Å². The largest absolute Gasteiger partial charge is 0.484 e. The third-order valence-electron chi connectivity index (χ3n) is 5.56. The molecule has 0 atom stereocenters. The summed E-state index contributed by atoms with van der Waals surface area (Å²) in [6.07, 6.45) is 1.66. The molecule has 4 heterocycles. The Labute approximate surface area is 186 Å². The molecule has 1 amide bonds. The minimum atomic E-state index is -3.71. The molecule has 32 heavy (non-hydrogen) atoms. The number of aliphatic hydroxyl groups is 1. The van der Waals surface area contributed by atoms with E-state index in [2.05, 4.69) is 4.98 Å². The molecule has 5 rings (SSSR count). The fraction of sp³-hybridized carbons (Fsp3) is 0.364. The van der Waals surface area contributed by atoms with Gasteiger partial charge in [-0.05, 0) is 16.7 Å². The van der Waals surface area contributed by atoms with Crippen LogP contribution in [0.15, 0.2) is 58.6 Å². The van der Waals surface area contributed by atoms with Gasteiger partial charge < -0.3 is 19.5 Å². The number of aliphatic hydroxyl groups excluding tert-OH is 1. The van der Waals surface area contributed by atoms with E-state index in [0.29, 0.717) is 57.4 Å². The van der Waals surface area contributed by atoms with Gasteiger partial charge in [-0.3, -0.25) is 4.79 Å². The number of rotatable bonds is 4. The lowest BCUT2D eigenvalue weighted by atomic mass is 10.1. The lowest BCUT2D eigenvalue weighted by Crippen LogP contribution is -2.37. The standard InChI is InChI=1S/C21H21N3O5S.CH4O/c25-20(8-15-4-2-1-3-5-15)23-11-16-13-24(14-17(16)12-23)30(26,27)18-9-19-21(22-10-18)29-7-6-28-19;1-2/h1-5,9-10H,6-8,11-14H2;2H,1H3. The molecule has 1 aromatic heterocycles. The summed E-state index contributed by atoms with van der Waals surface area (Å²) < 4.78 is 38.4. The summed E-state index contributed by atoms with van der Waals surface area (Å²) in [6, 6.07) is 11.1. The van der Waals surface area contributed by atoms with E-state index in [9.17, 15) is 13.2 Å². The van der Waals surface area contributed by atoms with Crippen molar-refractivity contribution in [2.75, 3.05) is 46.5 Å². The molecule has 1 aromatic carbocycles. The number of amides is 1. The highest BCUT2D eigenvalue weighted by Crippen LogP contribution is 2.34. The highest BCUT2D eigenvalue weighted by atomic mass is 32.2. The zero-order valence-electron chi connectivity index (χ0n) is 17.7. The molecular formula is C22H25N3O6S. The number of carbonyl (C=O) groups excluding carboxylic acids is 1. The van der Waals surface area contributed by atoms with Crippen LogP contribution in [-0.4, -0.2) is 80.1 Å². The summed E-state index contributed by atoms with van der Waals surface area (Å²) in [5.41, 5.74) is 2.99. The topological polar surface area (TPSA) is 109 Å². The minimum absolute atomic E-state index is 0.0565. The van der Waals surface area contributed by atoms with Gasteiger partial charge in [0.05, 0.1) is 12.6 Å². The van der Waals surface area contributed by atoms with Crippen LogP contribution in [0.25, 0.3) is 0 Å². The van der Waals surface area contributed by atoms with Gasteiger partial charge in [0.1, 0.15) is 18.1 Å². The average Bonchev–Trinajstić information content (AvgIpc) is 3.41. The Morgan fingerprint density at radius 1 is 1.03 bits per heavy atom. The minimum Gasteiger partial charge on any atom is -0.484 e. The zero-order valence-corrected chi connectivity index (χ0v) is 18.5. The van der Waals surface area contributed by atoms with Crippen LogP contribution in [0.1, 0.15) is 5.56 Å². The summed E-state index contributed by atoms with van der Waals surface area (Å²) >= 11 is 0. The van der Waals surface area contributed by atoms with Gasteiger partial charge >= 0.3 is 0 Å². The van der Waals surface area contributed by atoms with Gasteiger partial charge in [-0.25, -0.2) is 13.4 Å². The Morgan fingerprint density at radius 3 is 2.38 bits per heavy atom. The molecule has 2 aromatic rings. The van der Waals surface area contributed by atoms with Crippen LogP contribution in [-0.2, 0) is 21.2 Å². The first-order valence-corrected chi connectivity index (χ1v) is 11.7. The highest BCUT2D eigenvalue weighted by molar-refractivity contribution is 7.89. The van der Waals surface area contributed by atoms with Crippen molar-refractivity contribution in [1.29, 1.82) is 0 Å². The second kappa shape index (κ2) is 9.27. The molecule has 3 aliphatic heterocycles. The zero-order chi connectivity index (χ0) is 22.7. The van der Waals surface area contributed by atoms with E-state index in [-0.39, 0.29) is 10.8 Å². The lowest BCUT2D eigenvalue weighted by molar-refractivity contribution is -0.129. The SMILES string of the molecule is CO.O=C(Cc1ccccc1)N1CC2=C(C1)CN(S(=O)(=O)c1cnc3c(c1)OCCO3)C2. The van der Waals surface area contributed by atoms with E-state index >= 15 is 0 Å². The smallest absolute Gasteiger partial charge is 0.257 e. The van der Waals surface area contributed by atoms with Gasteiger partial charge in [0, 0.05) is 39.4 Å². The Bertz CT molecular complexity index is 1120. The maximum absolute atomic E-state index is 13.1. The van der Waals surface area contributed by atoms with Gasteiger partial charge in [-0.2, -0.15) is 4.31 Å². The first-order valence-electron chi connectivity index (χ1n) is 10.2. The second-order valence-corrected chi connectivity index (χ2v) is 9.50. The summed E-state index contributed by atoms with van der Waals surface area (Å²) in [7, 11) is -2.71. The van der Waals surface area contributed by atoms with Crippen molar-refractivity contribution < 1.29 is 27.8 Å². The van der Waals surface area contributed by atoms with Crippen molar-refractivity contribution in [3.05, 3.63) is 59.3 Å². The first-order chi connectivity index (χ1) is 15.5. The molecule has 170 valence electrons. The number of nitrogens with zero attached hydrogens (tertiary/aromatic N) is 3. The molecule has 1 N–H and O–H groups in total. The van der Waals surface area contributed by atoms with Crippen molar-refractivity contribution in [3.63, 3.8) is 0 Å². The Hall–Kier alpha value is -2.95. The number of fused-ring (bicyclic) bond motifs is 1. The van der Waals surface area contributed by atoms with E-state index in [1.165, 1.54) is 16.6 Å². The third kappa shape index (κ3) is 4.34. The predicted molar refractivity (Wildman–Crippen MR) is 116 cm³/mol. The van der Waals surface area contributed by atoms with Crippen LogP contribution in [0.5, 0.6) is 11.6 Å². The van der Waals surface area contributed by atoms with Crippen LogP contribution in [0, 0.1) is 0 Å². The first kappa shape index (κ1) is 22.3. The maximum atomic E-state index is 13.1.